The standard InChI is InChI=1S/C17H21FN2O2/c18-16-5-1-3-14(9-16)11-20-7-6-19(12-17(20)21)10-15-4-2-8-22-13-15/h1,3-5,9H,2,6-8,10-13H2. The average molecular weight is 304 g/mol. The van der Waals surface area contributed by atoms with Crippen LogP contribution in [-0.4, -0.2) is 55.1 Å². The van der Waals surface area contributed by atoms with Gasteiger partial charge in [-0.15, -0.1) is 0 Å². The minimum Gasteiger partial charge on any atom is -0.377 e. The average Bonchev–Trinajstić information content (AvgIpc) is 2.51. The van der Waals surface area contributed by atoms with E-state index in [1.165, 1.54) is 17.7 Å². The molecule has 3 rings (SSSR count). The third-order valence-electron chi connectivity index (χ3n) is 4.07. The number of rotatable bonds is 4. The molecule has 1 saturated heterocycles. The fourth-order valence-electron chi connectivity index (χ4n) is 2.92. The second-order valence-electron chi connectivity index (χ2n) is 5.86. The van der Waals surface area contributed by atoms with Crippen molar-refractivity contribution in [1.82, 2.24) is 9.80 Å². The summed E-state index contributed by atoms with van der Waals surface area (Å²) in [6.45, 7) is 4.71. The number of hydrogen-bond donors (Lipinski definition) is 0. The lowest BCUT2D eigenvalue weighted by Gasteiger charge is -2.35. The first-order valence-electron chi connectivity index (χ1n) is 7.71. The van der Waals surface area contributed by atoms with Crippen LogP contribution in [0.3, 0.4) is 0 Å². The maximum absolute atomic E-state index is 13.2. The molecule has 0 saturated carbocycles. The summed E-state index contributed by atoms with van der Waals surface area (Å²) in [7, 11) is 0. The fourth-order valence-corrected chi connectivity index (χ4v) is 2.92. The topological polar surface area (TPSA) is 32.8 Å². The van der Waals surface area contributed by atoms with Crippen LogP contribution in [-0.2, 0) is 16.1 Å². The van der Waals surface area contributed by atoms with Gasteiger partial charge in [0.25, 0.3) is 0 Å². The zero-order valence-electron chi connectivity index (χ0n) is 12.6. The lowest BCUT2D eigenvalue weighted by atomic mass is 10.1. The summed E-state index contributed by atoms with van der Waals surface area (Å²) in [4.78, 5) is 16.2. The number of ether oxygens (including phenoxy) is 1. The molecule has 2 aliphatic heterocycles. The van der Waals surface area contributed by atoms with E-state index in [4.69, 9.17) is 4.74 Å². The quantitative estimate of drug-likeness (QED) is 0.796. The zero-order valence-corrected chi connectivity index (χ0v) is 12.6. The molecule has 0 aliphatic carbocycles. The van der Waals surface area contributed by atoms with Crippen LogP contribution < -0.4 is 0 Å². The molecule has 0 aromatic heterocycles. The fraction of sp³-hybridized carbons (Fsp3) is 0.471. The Kier molecular flexibility index (Phi) is 4.85. The molecule has 0 bridgehead atoms. The van der Waals surface area contributed by atoms with E-state index in [2.05, 4.69) is 11.0 Å². The Labute approximate surface area is 130 Å². The monoisotopic (exact) mass is 304 g/mol. The van der Waals surface area contributed by atoms with E-state index in [1.54, 1.807) is 11.0 Å². The van der Waals surface area contributed by atoms with Gasteiger partial charge in [0.05, 0.1) is 19.8 Å². The first kappa shape index (κ1) is 15.2. The van der Waals surface area contributed by atoms with Gasteiger partial charge in [-0.05, 0) is 29.7 Å². The molecule has 118 valence electrons. The Bertz CT molecular complexity index is 574. The van der Waals surface area contributed by atoms with Crippen molar-refractivity contribution in [3.63, 3.8) is 0 Å². The molecule has 0 radical (unpaired) electrons. The van der Waals surface area contributed by atoms with Gasteiger partial charge in [-0.1, -0.05) is 18.2 Å². The van der Waals surface area contributed by atoms with Gasteiger partial charge in [0.2, 0.25) is 5.91 Å². The van der Waals surface area contributed by atoms with Gasteiger partial charge in [-0.2, -0.15) is 0 Å². The first-order chi connectivity index (χ1) is 10.7. The highest BCUT2D eigenvalue weighted by atomic mass is 19.1. The highest BCUT2D eigenvalue weighted by Crippen LogP contribution is 2.13. The zero-order chi connectivity index (χ0) is 15.4. The van der Waals surface area contributed by atoms with Crippen LogP contribution in [0.4, 0.5) is 4.39 Å². The van der Waals surface area contributed by atoms with E-state index in [-0.39, 0.29) is 11.7 Å². The highest BCUT2D eigenvalue weighted by molar-refractivity contribution is 5.79. The molecule has 0 unspecified atom stereocenters. The van der Waals surface area contributed by atoms with Gasteiger partial charge in [-0.25, -0.2) is 4.39 Å². The third-order valence-corrected chi connectivity index (χ3v) is 4.07. The van der Waals surface area contributed by atoms with Crippen molar-refractivity contribution in [2.75, 3.05) is 39.4 Å². The minimum absolute atomic E-state index is 0.104. The molecule has 4 nitrogen and oxygen atoms in total. The summed E-state index contributed by atoms with van der Waals surface area (Å²) in [6, 6.07) is 6.45. The molecule has 1 aromatic rings. The van der Waals surface area contributed by atoms with Crippen molar-refractivity contribution in [2.24, 2.45) is 0 Å². The molecule has 0 atom stereocenters. The Morgan fingerprint density at radius 2 is 2.14 bits per heavy atom. The SMILES string of the molecule is O=C1CN(CC2=CCCOC2)CCN1Cc1cccc(F)c1. The molecule has 1 fully saturated rings. The predicted octanol–water partition coefficient (Wildman–Crippen LogP) is 1.82. The molecule has 0 N–H and O–H groups in total. The van der Waals surface area contributed by atoms with Crippen molar-refractivity contribution in [1.29, 1.82) is 0 Å². The number of benzene rings is 1. The maximum atomic E-state index is 13.2. The molecule has 5 heteroatoms. The molecule has 1 amide bonds. The van der Waals surface area contributed by atoms with Crippen molar-refractivity contribution >= 4 is 5.91 Å². The lowest BCUT2D eigenvalue weighted by molar-refractivity contribution is -0.136. The number of halogens is 1. The predicted molar refractivity (Wildman–Crippen MR) is 81.8 cm³/mol. The van der Waals surface area contributed by atoms with E-state index < -0.39 is 0 Å². The molecular weight excluding hydrogens is 283 g/mol. The second kappa shape index (κ2) is 7.03. The Hall–Kier alpha value is -1.72. The van der Waals surface area contributed by atoms with Gasteiger partial charge in [0, 0.05) is 26.2 Å². The second-order valence-corrected chi connectivity index (χ2v) is 5.86. The lowest BCUT2D eigenvalue weighted by Crippen LogP contribution is -2.50. The van der Waals surface area contributed by atoms with E-state index >= 15 is 0 Å². The number of hydrogen-bond acceptors (Lipinski definition) is 3. The first-order valence-corrected chi connectivity index (χ1v) is 7.71. The van der Waals surface area contributed by atoms with Gasteiger partial charge in [0.15, 0.2) is 0 Å². The van der Waals surface area contributed by atoms with E-state index in [9.17, 15) is 9.18 Å². The summed E-state index contributed by atoms with van der Waals surface area (Å²) in [5, 5.41) is 0. The van der Waals surface area contributed by atoms with Crippen LogP contribution >= 0.6 is 0 Å². The Morgan fingerprint density at radius 3 is 2.86 bits per heavy atom. The molecule has 0 spiro atoms. The smallest absolute Gasteiger partial charge is 0.237 e. The molecule has 2 aliphatic rings. The summed E-state index contributed by atoms with van der Waals surface area (Å²) >= 11 is 0. The number of carbonyl (C=O) groups is 1. The molecular formula is C17H21FN2O2. The van der Waals surface area contributed by atoms with Crippen molar-refractivity contribution in [3.05, 3.63) is 47.3 Å². The van der Waals surface area contributed by atoms with Crippen LogP contribution in [0.5, 0.6) is 0 Å². The number of amides is 1. The van der Waals surface area contributed by atoms with Crippen LogP contribution in [0.15, 0.2) is 35.9 Å². The molecule has 2 heterocycles. The van der Waals surface area contributed by atoms with Crippen LogP contribution in [0.25, 0.3) is 0 Å². The normalized spacial score (nSPS) is 20.1. The Balaban J connectivity index is 1.53. The van der Waals surface area contributed by atoms with E-state index in [0.29, 0.717) is 26.2 Å². The van der Waals surface area contributed by atoms with Crippen LogP contribution in [0.1, 0.15) is 12.0 Å². The minimum atomic E-state index is -0.257. The summed E-state index contributed by atoms with van der Waals surface area (Å²) < 4.78 is 18.6. The summed E-state index contributed by atoms with van der Waals surface area (Å²) in [6.07, 6.45) is 3.18. The van der Waals surface area contributed by atoms with Gasteiger partial charge < -0.3 is 9.64 Å². The van der Waals surface area contributed by atoms with Gasteiger partial charge in [0.1, 0.15) is 5.82 Å². The maximum Gasteiger partial charge on any atom is 0.237 e. The van der Waals surface area contributed by atoms with E-state index in [0.717, 1.165) is 31.7 Å². The molecule has 22 heavy (non-hydrogen) atoms. The van der Waals surface area contributed by atoms with Crippen LogP contribution in [0, 0.1) is 5.82 Å². The van der Waals surface area contributed by atoms with Crippen molar-refractivity contribution in [2.45, 2.75) is 13.0 Å². The summed E-state index contributed by atoms with van der Waals surface area (Å²) in [5.74, 6) is -0.152. The largest absolute Gasteiger partial charge is 0.377 e. The number of nitrogens with zero attached hydrogens (tertiary/aromatic N) is 2. The van der Waals surface area contributed by atoms with Gasteiger partial charge in [-0.3, -0.25) is 9.69 Å². The number of carbonyl (C=O) groups excluding carboxylic acids is 1. The van der Waals surface area contributed by atoms with E-state index in [1.807, 2.05) is 6.07 Å². The molecule has 1 aromatic carbocycles. The van der Waals surface area contributed by atoms with Crippen molar-refractivity contribution < 1.29 is 13.9 Å². The number of piperazine rings is 1. The summed E-state index contributed by atoms with van der Waals surface area (Å²) in [5.41, 5.74) is 2.10. The third kappa shape index (κ3) is 3.93. The Morgan fingerprint density at radius 1 is 1.23 bits per heavy atom. The van der Waals surface area contributed by atoms with Crippen molar-refractivity contribution in [3.8, 4) is 0 Å². The van der Waals surface area contributed by atoms with Gasteiger partial charge >= 0.3 is 0 Å². The highest BCUT2D eigenvalue weighted by Gasteiger charge is 2.24. The van der Waals surface area contributed by atoms with Crippen LogP contribution in [0.2, 0.25) is 0 Å².